The fourth-order valence-electron chi connectivity index (χ4n) is 3.27. The van der Waals surface area contributed by atoms with Gasteiger partial charge in [-0.05, 0) is 50.9 Å². The molecule has 7 heteroatoms. The molecule has 0 bridgehead atoms. The number of rotatable bonds is 13. The largest absolute Gasteiger partial charge is 0.445 e. The molecule has 0 spiro atoms. The van der Waals surface area contributed by atoms with Gasteiger partial charge >= 0.3 is 6.09 Å². The monoisotopic (exact) mass is 439 g/mol. The molecule has 0 fully saturated rings. The normalized spacial score (nSPS) is 12.4. The van der Waals surface area contributed by atoms with E-state index in [1.807, 2.05) is 67.7 Å². The van der Waals surface area contributed by atoms with Gasteiger partial charge in [0.15, 0.2) is 5.78 Å². The molecule has 2 aromatic rings. The van der Waals surface area contributed by atoms with Gasteiger partial charge in [0.05, 0.1) is 6.04 Å². The van der Waals surface area contributed by atoms with Crippen LogP contribution in [0.4, 0.5) is 4.79 Å². The lowest BCUT2D eigenvalue weighted by atomic mass is 10.0. The number of ketones is 1. The Morgan fingerprint density at radius 1 is 0.844 bits per heavy atom. The second-order valence-electron chi connectivity index (χ2n) is 7.72. The number of Topliss-reactive ketones (excluding diaryl/α,β-unsaturated/α-hetero) is 1. The van der Waals surface area contributed by atoms with Gasteiger partial charge in [0.1, 0.15) is 12.6 Å². The zero-order valence-corrected chi connectivity index (χ0v) is 18.8. The first-order valence-corrected chi connectivity index (χ1v) is 11.0. The minimum Gasteiger partial charge on any atom is -0.445 e. The average Bonchev–Trinajstić information content (AvgIpc) is 2.80. The molecule has 0 saturated heterocycles. The van der Waals surface area contributed by atoms with Crippen LogP contribution in [-0.2, 0) is 27.4 Å². The van der Waals surface area contributed by atoms with E-state index in [0.717, 1.165) is 30.5 Å². The SMILES string of the molecule is CNCCCC[C@H](NC(=O)[C@H](Cc1ccccc1)NC(=O)OCc1ccccc1)C(C)=O. The Kier molecular flexibility index (Phi) is 11.0. The first-order valence-electron chi connectivity index (χ1n) is 11.0. The molecule has 2 amide bonds. The number of nitrogens with one attached hydrogen (secondary N) is 3. The Morgan fingerprint density at radius 3 is 2.06 bits per heavy atom. The molecule has 0 aliphatic carbocycles. The first-order chi connectivity index (χ1) is 15.5. The quantitative estimate of drug-likeness (QED) is 0.417. The number of benzene rings is 2. The molecule has 0 aromatic heterocycles. The summed E-state index contributed by atoms with van der Waals surface area (Å²) in [6.45, 7) is 2.43. The van der Waals surface area contributed by atoms with Crippen LogP contribution in [0.15, 0.2) is 60.7 Å². The van der Waals surface area contributed by atoms with Crippen molar-refractivity contribution in [3.05, 3.63) is 71.8 Å². The number of hydrogen-bond acceptors (Lipinski definition) is 5. The van der Waals surface area contributed by atoms with Gasteiger partial charge < -0.3 is 20.7 Å². The van der Waals surface area contributed by atoms with E-state index >= 15 is 0 Å². The molecule has 2 aromatic carbocycles. The van der Waals surface area contributed by atoms with Crippen molar-refractivity contribution < 1.29 is 19.1 Å². The van der Waals surface area contributed by atoms with Crippen LogP contribution in [0, 0.1) is 0 Å². The van der Waals surface area contributed by atoms with Crippen molar-refractivity contribution in [2.75, 3.05) is 13.6 Å². The summed E-state index contributed by atoms with van der Waals surface area (Å²) < 4.78 is 5.29. The van der Waals surface area contributed by atoms with E-state index in [9.17, 15) is 14.4 Å². The van der Waals surface area contributed by atoms with Crippen LogP contribution < -0.4 is 16.0 Å². The van der Waals surface area contributed by atoms with Gasteiger partial charge in [0, 0.05) is 6.42 Å². The van der Waals surface area contributed by atoms with Gasteiger partial charge in [-0.3, -0.25) is 9.59 Å². The van der Waals surface area contributed by atoms with Crippen molar-refractivity contribution in [1.82, 2.24) is 16.0 Å². The number of hydrogen-bond donors (Lipinski definition) is 3. The molecular formula is C25H33N3O4. The van der Waals surface area contributed by atoms with Crippen molar-refractivity contribution in [3.63, 3.8) is 0 Å². The Labute approximate surface area is 189 Å². The maximum atomic E-state index is 13.0. The molecule has 0 aliphatic heterocycles. The van der Waals surface area contributed by atoms with E-state index < -0.39 is 24.1 Å². The van der Waals surface area contributed by atoms with Crippen LogP contribution in [0.5, 0.6) is 0 Å². The second kappa shape index (κ2) is 14.0. The zero-order chi connectivity index (χ0) is 23.2. The number of carbonyl (C=O) groups is 3. The summed E-state index contributed by atoms with van der Waals surface area (Å²) in [6, 6.07) is 17.3. The third-order valence-electron chi connectivity index (χ3n) is 5.08. The predicted molar refractivity (Wildman–Crippen MR) is 124 cm³/mol. The smallest absolute Gasteiger partial charge is 0.408 e. The topological polar surface area (TPSA) is 96.5 Å². The van der Waals surface area contributed by atoms with E-state index in [4.69, 9.17) is 4.74 Å². The fraction of sp³-hybridized carbons (Fsp3) is 0.400. The molecule has 0 aliphatic rings. The van der Waals surface area contributed by atoms with Gasteiger partial charge in [-0.15, -0.1) is 0 Å². The molecule has 0 radical (unpaired) electrons. The highest BCUT2D eigenvalue weighted by Crippen LogP contribution is 2.08. The summed E-state index contributed by atoms with van der Waals surface area (Å²) in [5.74, 6) is -0.507. The fourth-order valence-corrected chi connectivity index (χ4v) is 3.27. The van der Waals surface area contributed by atoms with Crippen molar-refractivity contribution in [2.24, 2.45) is 0 Å². The summed E-state index contributed by atoms with van der Waals surface area (Å²) in [5, 5.41) is 8.54. The average molecular weight is 440 g/mol. The zero-order valence-electron chi connectivity index (χ0n) is 18.8. The van der Waals surface area contributed by atoms with E-state index in [1.165, 1.54) is 6.92 Å². The Bertz CT molecular complexity index is 843. The molecule has 172 valence electrons. The number of ether oxygens (including phenoxy) is 1. The second-order valence-corrected chi connectivity index (χ2v) is 7.72. The highest BCUT2D eigenvalue weighted by molar-refractivity contribution is 5.91. The van der Waals surface area contributed by atoms with Gasteiger partial charge in [-0.25, -0.2) is 4.79 Å². The summed E-state index contributed by atoms with van der Waals surface area (Å²) in [4.78, 5) is 37.5. The van der Waals surface area contributed by atoms with E-state index in [-0.39, 0.29) is 18.8 Å². The Hall–Kier alpha value is -3.19. The Balaban J connectivity index is 2.01. The van der Waals surface area contributed by atoms with Gasteiger partial charge in [0.2, 0.25) is 5.91 Å². The number of carbonyl (C=O) groups excluding carboxylic acids is 3. The lowest BCUT2D eigenvalue weighted by Gasteiger charge is -2.22. The minimum atomic E-state index is -0.861. The lowest BCUT2D eigenvalue weighted by molar-refractivity contribution is -0.128. The van der Waals surface area contributed by atoms with Crippen LogP contribution in [-0.4, -0.2) is 43.5 Å². The van der Waals surface area contributed by atoms with E-state index in [1.54, 1.807) is 0 Å². The maximum Gasteiger partial charge on any atom is 0.408 e. The number of unbranched alkanes of at least 4 members (excludes halogenated alkanes) is 1. The molecule has 2 atom stereocenters. The van der Waals surface area contributed by atoms with Crippen LogP contribution in [0.1, 0.15) is 37.3 Å². The van der Waals surface area contributed by atoms with Crippen molar-refractivity contribution in [1.29, 1.82) is 0 Å². The summed E-state index contributed by atoms with van der Waals surface area (Å²) in [5.41, 5.74) is 1.74. The van der Waals surface area contributed by atoms with Crippen LogP contribution >= 0.6 is 0 Å². The molecule has 32 heavy (non-hydrogen) atoms. The molecule has 7 nitrogen and oxygen atoms in total. The maximum absolute atomic E-state index is 13.0. The number of alkyl carbamates (subject to hydrolysis) is 1. The molecule has 3 N–H and O–H groups in total. The molecular weight excluding hydrogens is 406 g/mol. The van der Waals surface area contributed by atoms with Crippen LogP contribution in [0.25, 0.3) is 0 Å². The van der Waals surface area contributed by atoms with Gasteiger partial charge in [-0.1, -0.05) is 60.7 Å². The third-order valence-corrected chi connectivity index (χ3v) is 5.08. The molecule has 0 saturated carbocycles. The summed E-state index contributed by atoms with van der Waals surface area (Å²) in [6.07, 6.45) is 1.88. The van der Waals surface area contributed by atoms with E-state index in [0.29, 0.717) is 6.42 Å². The van der Waals surface area contributed by atoms with Crippen molar-refractivity contribution >= 4 is 17.8 Å². The minimum absolute atomic E-state index is 0.104. The number of amides is 2. The highest BCUT2D eigenvalue weighted by Gasteiger charge is 2.26. The van der Waals surface area contributed by atoms with Crippen molar-refractivity contribution in [3.8, 4) is 0 Å². The van der Waals surface area contributed by atoms with Crippen LogP contribution in [0.3, 0.4) is 0 Å². The Morgan fingerprint density at radius 2 is 1.47 bits per heavy atom. The summed E-state index contributed by atoms with van der Waals surface area (Å²) >= 11 is 0. The third kappa shape index (κ3) is 9.31. The van der Waals surface area contributed by atoms with E-state index in [2.05, 4.69) is 16.0 Å². The highest BCUT2D eigenvalue weighted by atomic mass is 16.5. The standard InChI is InChI=1S/C25H33N3O4/c1-19(29)22(15-9-10-16-26-2)27-24(30)23(17-20-11-5-3-6-12-20)28-25(31)32-18-21-13-7-4-8-14-21/h3-8,11-14,22-23,26H,9-10,15-18H2,1-2H3,(H,27,30)(H,28,31)/t22-,23-/m0/s1. The van der Waals surface area contributed by atoms with Gasteiger partial charge in [0.25, 0.3) is 0 Å². The molecule has 2 rings (SSSR count). The van der Waals surface area contributed by atoms with Crippen LogP contribution in [0.2, 0.25) is 0 Å². The molecule has 0 unspecified atom stereocenters. The predicted octanol–water partition coefficient (Wildman–Crippen LogP) is 2.99. The van der Waals surface area contributed by atoms with Crippen molar-refractivity contribution in [2.45, 2.75) is 51.3 Å². The molecule has 0 heterocycles. The lowest BCUT2D eigenvalue weighted by Crippen LogP contribution is -2.52. The summed E-state index contributed by atoms with van der Waals surface area (Å²) in [7, 11) is 1.88. The first kappa shape index (κ1) is 25.1. The van der Waals surface area contributed by atoms with Gasteiger partial charge in [-0.2, -0.15) is 0 Å².